The molecule has 1 aromatic carbocycles. The molecular formula is C16H10Cl2F3N5O3. The Kier molecular flexibility index (Phi) is 4.88. The normalized spacial score (nSPS) is 14.9. The predicted octanol–water partition coefficient (Wildman–Crippen LogP) is 3.04. The van der Waals surface area contributed by atoms with E-state index in [9.17, 15) is 28.0 Å². The lowest BCUT2D eigenvalue weighted by molar-refractivity contribution is -0.137. The summed E-state index contributed by atoms with van der Waals surface area (Å²) < 4.78 is 44.7. The van der Waals surface area contributed by atoms with Gasteiger partial charge in [0, 0.05) is 0 Å². The largest absolute Gasteiger partial charge is 0.416 e. The molecule has 4 N–H and O–H groups in total. The lowest BCUT2D eigenvalue weighted by Crippen LogP contribution is -2.30. The van der Waals surface area contributed by atoms with E-state index in [1.54, 1.807) is 6.07 Å². The van der Waals surface area contributed by atoms with Gasteiger partial charge in [0.25, 0.3) is 0 Å². The molecule has 1 saturated carbocycles. The first-order valence-corrected chi connectivity index (χ1v) is 8.55. The number of carbonyl (C=O) groups excluding carboxylic acids is 2. The van der Waals surface area contributed by atoms with Gasteiger partial charge in [-0.05, 0) is 25.0 Å². The van der Waals surface area contributed by atoms with Crippen molar-refractivity contribution < 1.29 is 27.5 Å². The van der Waals surface area contributed by atoms with Crippen molar-refractivity contribution in [3.8, 4) is 17.6 Å². The average molecular weight is 448 g/mol. The molecule has 0 bridgehead atoms. The third kappa shape index (κ3) is 3.45. The lowest BCUT2D eigenvalue weighted by Gasteiger charge is -2.16. The van der Waals surface area contributed by atoms with E-state index < -0.39 is 45.1 Å². The molecule has 2 amide bonds. The van der Waals surface area contributed by atoms with Crippen molar-refractivity contribution in [2.24, 2.45) is 11.5 Å². The van der Waals surface area contributed by atoms with Crippen LogP contribution in [0.25, 0.3) is 5.69 Å². The quantitative estimate of drug-likeness (QED) is 0.741. The minimum Gasteiger partial charge on any atom is -0.391 e. The van der Waals surface area contributed by atoms with Crippen LogP contribution in [0.4, 0.5) is 18.0 Å². The number of nitrogens with zero attached hydrogens (tertiary/aromatic N) is 3. The van der Waals surface area contributed by atoms with Crippen molar-refractivity contribution >= 4 is 35.2 Å². The summed E-state index contributed by atoms with van der Waals surface area (Å²) in [5.74, 6) is -1.28. The highest BCUT2D eigenvalue weighted by Gasteiger charge is 2.55. The molecule has 29 heavy (non-hydrogen) atoms. The van der Waals surface area contributed by atoms with Gasteiger partial charge in [0.2, 0.25) is 11.8 Å². The van der Waals surface area contributed by atoms with Crippen LogP contribution in [0.2, 0.25) is 10.0 Å². The molecule has 0 aliphatic heterocycles. The number of hydrogen-bond donors (Lipinski definition) is 2. The van der Waals surface area contributed by atoms with Crippen molar-refractivity contribution in [3.05, 3.63) is 39.0 Å². The third-order valence-electron chi connectivity index (χ3n) is 4.40. The molecule has 2 aromatic rings. The van der Waals surface area contributed by atoms with E-state index >= 15 is 0 Å². The highest BCUT2D eigenvalue weighted by molar-refractivity contribution is 6.37. The van der Waals surface area contributed by atoms with E-state index in [1.807, 2.05) is 0 Å². The molecule has 8 nitrogen and oxygen atoms in total. The first-order chi connectivity index (χ1) is 13.4. The Bertz CT molecular complexity index is 1060. The molecule has 3 rings (SSSR count). The van der Waals surface area contributed by atoms with Crippen LogP contribution in [-0.4, -0.2) is 21.8 Å². The highest BCUT2D eigenvalue weighted by atomic mass is 35.5. The van der Waals surface area contributed by atoms with Crippen molar-refractivity contribution in [1.82, 2.24) is 9.78 Å². The van der Waals surface area contributed by atoms with Crippen LogP contribution in [-0.2, 0) is 16.4 Å². The number of amides is 2. The van der Waals surface area contributed by atoms with E-state index in [4.69, 9.17) is 39.4 Å². The van der Waals surface area contributed by atoms with Crippen molar-refractivity contribution in [2.75, 3.05) is 0 Å². The number of ether oxygens (including phenoxy) is 1. The Labute approximate surface area is 170 Å². The minimum absolute atomic E-state index is 0.113. The molecule has 0 spiro atoms. The average Bonchev–Trinajstić information content (AvgIpc) is 3.32. The number of hydrogen-bond acceptors (Lipinski definition) is 5. The Balaban J connectivity index is 2.32. The molecule has 13 heteroatoms. The van der Waals surface area contributed by atoms with E-state index in [2.05, 4.69) is 5.10 Å². The van der Waals surface area contributed by atoms with Gasteiger partial charge in [-0.1, -0.05) is 23.2 Å². The number of carbonyl (C=O) groups is 2. The zero-order valence-electron chi connectivity index (χ0n) is 14.2. The molecule has 1 fully saturated rings. The van der Waals surface area contributed by atoms with Gasteiger partial charge in [0.15, 0.2) is 5.69 Å². The second-order valence-electron chi connectivity index (χ2n) is 6.21. The summed E-state index contributed by atoms with van der Waals surface area (Å²) in [5, 5.41) is 12.4. The van der Waals surface area contributed by atoms with Crippen molar-refractivity contribution in [3.63, 3.8) is 0 Å². The zero-order valence-corrected chi connectivity index (χ0v) is 15.7. The van der Waals surface area contributed by atoms with Crippen LogP contribution in [0.15, 0.2) is 12.1 Å². The van der Waals surface area contributed by atoms with Gasteiger partial charge in [-0.25, -0.2) is 4.79 Å². The SMILES string of the molecule is N#Cc1nn(-c2c(Cl)cc(C(F)(F)F)cc2Cl)c(OC(N)=O)c1C1(C(N)=O)CC1. The molecular weight excluding hydrogens is 438 g/mol. The number of rotatable bonds is 4. The number of halogens is 5. The fraction of sp³-hybridized carbons (Fsp3) is 0.250. The Morgan fingerprint density at radius 2 is 1.79 bits per heavy atom. The number of benzene rings is 1. The van der Waals surface area contributed by atoms with E-state index in [1.165, 1.54) is 0 Å². The van der Waals surface area contributed by atoms with Gasteiger partial charge in [0.1, 0.15) is 11.8 Å². The van der Waals surface area contributed by atoms with E-state index in [-0.39, 0.29) is 29.8 Å². The Morgan fingerprint density at radius 3 is 2.17 bits per heavy atom. The lowest BCUT2D eigenvalue weighted by atomic mass is 9.95. The molecule has 1 aliphatic rings. The number of nitriles is 1. The van der Waals surface area contributed by atoms with E-state index in [0.717, 1.165) is 4.68 Å². The van der Waals surface area contributed by atoms with Crippen LogP contribution in [0.1, 0.15) is 29.7 Å². The monoisotopic (exact) mass is 447 g/mol. The summed E-state index contributed by atoms with van der Waals surface area (Å²) in [7, 11) is 0. The molecule has 0 saturated heterocycles. The fourth-order valence-corrected chi connectivity index (χ4v) is 3.58. The van der Waals surface area contributed by atoms with Crippen molar-refractivity contribution in [2.45, 2.75) is 24.4 Å². The summed E-state index contributed by atoms with van der Waals surface area (Å²) in [6.07, 6.45) is -5.56. The van der Waals surface area contributed by atoms with Crippen LogP contribution >= 0.6 is 23.2 Å². The second kappa shape index (κ2) is 6.82. The summed E-state index contributed by atoms with van der Waals surface area (Å²) in [6, 6.07) is 2.91. The fourth-order valence-electron chi connectivity index (χ4n) is 2.93. The Morgan fingerprint density at radius 1 is 1.24 bits per heavy atom. The number of alkyl halides is 3. The molecule has 1 aliphatic carbocycles. The maximum atomic E-state index is 13.0. The predicted molar refractivity (Wildman–Crippen MR) is 93.6 cm³/mol. The molecule has 0 atom stereocenters. The van der Waals surface area contributed by atoms with Crippen LogP contribution < -0.4 is 16.2 Å². The second-order valence-corrected chi connectivity index (χ2v) is 7.02. The van der Waals surface area contributed by atoms with Gasteiger partial charge in [0.05, 0.1) is 26.6 Å². The Hall–Kier alpha value is -2.97. The van der Waals surface area contributed by atoms with Gasteiger partial charge >= 0.3 is 12.3 Å². The minimum atomic E-state index is -4.73. The van der Waals surface area contributed by atoms with Crippen LogP contribution in [0.5, 0.6) is 5.88 Å². The topological polar surface area (TPSA) is 137 Å². The van der Waals surface area contributed by atoms with E-state index in [0.29, 0.717) is 12.1 Å². The maximum absolute atomic E-state index is 13.0. The maximum Gasteiger partial charge on any atom is 0.416 e. The van der Waals surface area contributed by atoms with Gasteiger partial charge in [-0.15, -0.1) is 0 Å². The summed E-state index contributed by atoms with van der Waals surface area (Å²) in [4.78, 5) is 23.4. The standard InChI is InChI=1S/C16H10Cl2F3N5O3/c17-7-3-6(16(19,20)21)4-8(18)11(7)26-12(29-14(24)28)10(9(5-22)25-26)15(1-2-15)13(23)27/h3-4H,1-2H2,(H2,23,27)(H2,24,28). The first kappa shape index (κ1) is 20.8. The van der Waals surface area contributed by atoms with Crippen LogP contribution in [0.3, 0.4) is 0 Å². The third-order valence-corrected chi connectivity index (χ3v) is 4.98. The smallest absolute Gasteiger partial charge is 0.391 e. The van der Waals surface area contributed by atoms with Crippen molar-refractivity contribution in [1.29, 1.82) is 5.26 Å². The molecule has 152 valence electrons. The zero-order chi connectivity index (χ0) is 21.7. The highest BCUT2D eigenvalue weighted by Crippen LogP contribution is 2.53. The number of aromatic nitrogens is 2. The molecule has 0 radical (unpaired) electrons. The number of nitrogens with two attached hydrogens (primary N) is 2. The van der Waals surface area contributed by atoms with Gasteiger partial charge < -0.3 is 16.2 Å². The summed E-state index contributed by atoms with van der Waals surface area (Å²) in [6.45, 7) is 0. The molecule has 1 heterocycles. The summed E-state index contributed by atoms with van der Waals surface area (Å²) >= 11 is 12.0. The number of primary amides is 2. The molecule has 1 aromatic heterocycles. The molecule has 0 unspecified atom stereocenters. The van der Waals surface area contributed by atoms with Crippen LogP contribution in [0, 0.1) is 11.3 Å². The first-order valence-electron chi connectivity index (χ1n) is 7.79. The summed E-state index contributed by atoms with van der Waals surface area (Å²) in [5.41, 5.74) is 7.28. The van der Waals surface area contributed by atoms with Gasteiger partial charge in [-0.3, -0.25) is 4.79 Å². The van der Waals surface area contributed by atoms with Gasteiger partial charge in [-0.2, -0.15) is 28.2 Å².